The highest BCUT2D eigenvalue weighted by atomic mass is 19.2. The van der Waals surface area contributed by atoms with E-state index < -0.39 is 53.6 Å². The first-order valence-electron chi connectivity index (χ1n) is 5.04. The van der Waals surface area contributed by atoms with Gasteiger partial charge in [-0.1, -0.05) is 6.92 Å². The quantitative estimate of drug-likeness (QED) is 0.516. The van der Waals surface area contributed by atoms with Gasteiger partial charge in [0.2, 0.25) is 0 Å². The predicted octanol–water partition coefficient (Wildman–Crippen LogP) is 2.19. The Bertz CT molecular complexity index is 445. The summed E-state index contributed by atoms with van der Waals surface area (Å²) in [4.78, 5) is 10.8. The van der Waals surface area contributed by atoms with E-state index in [1.807, 2.05) is 0 Å². The Morgan fingerprint density at radius 1 is 1.06 bits per heavy atom. The van der Waals surface area contributed by atoms with Crippen molar-refractivity contribution in [2.24, 2.45) is 0 Å². The highest BCUT2D eigenvalue weighted by Crippen LogP contribution is 2.24. The molecule has 0 saturated carbocycles. The van der Waals surface area contributed by atoms with E-state index in [0.717, 1.165) is 0 Å². The van der Waals surface area contributed by atoms with Crippen LogP contribution in [0.25, 0.3) is 0 Å². The lowest BCUT2D eigenvalue weighted by molar-refractivity contribution is -0.144. The topological polar surface area (TPSA) is 46.5 Å². The maximum atomic E-state index is 13.4. The molecule has 0 radical (unpaired) electrons. The Kier molecular flexibility index (Phi) is 4.66. The second-order valence-corrected chi connectivity index (χ2v) is 3.39. The number of aliphatic hydroxyl groups is 1. The summed E-state index contributed by atoms with van der Waals surface area (Å²) in [5.41, 5.74) is -2.13. The van der Waals surface area contributed by atoms with E-state index in [-0.39, 0.29) is 6.42 Å². The molecule has 0 bridgehead atoms. The van der Waals surface area contributed by atoms with Gasteiger partial charge in [-0.3, -0.25) is 4.79 Å². The molecule has 0 aliphatic rings. The summed E-state index contributed by atoms with van der Waals surface area (Å²) >= 11 is 0. The van der Waals surface area contributed by atoms with E-state index in [2.05, 4.69) is 4.74 Å². The molecule has 1 rings (SSSR count). The third kappa shape index (κ3) is 2.61. The molecular weight excluding hydrogens is 256 g/mol. The average Bonchev–Trinajstić information content (AvgIpc) is 2.36. The van der Waals surface area contributed by atoms with Crippen molar-refractivity contribution in [2.75, 3.05) is 0 Å². The molecule has 0 amide bonds. The van der Waals surface area contributed by atoms with Crippen molar-refractivity contribution in [2.45, 2.75) is 26.6 Å². The Hall–Kier alpha value is -1.63. The minimum absolute atomic E-state index is 0.0388. The number of benzene rings is 1. The Morgan fingerprint density at radius 2 is 1.50 bits per heavy atom. The Morgan fingerprint density at radius 3 is 1.89 bits per heavy atom. The number of esters is 1. The van der Waals surface area contributed by atoms with Gasteiger partial charge in [0.25, 0.3) is 0 Å². The normalized spacial score (nSPS) is 10.6. The van der Waals surface area contributed by atoms with Crippen LogP contribution >= 0.6 is 0 Å². The molecule has 7 heteroatoms. The molecule has 0 saturated heterocycles. The average molecular weight is 266 g/mol. The van der Waals surface area contributed by atoms with E-state index in [1.165, 1.54) is 6.92 Å². The number of carbonyl (C=O) groups excluding carboxylic acids is 1. The highest BCUT2D eigenvalue weighted by molar-refractivity contribution is 5.68. The molecule has 1 N–H and O–H groups in total. The van der Waals surface area contributed by atoms with Crippen molar-refractivity contribution >= 4 is 5.97 Å². The van der Waals surface area contributed by atoms with E-state index in [0.29, 0.717) is 0 Å². The maximum Gasteiger partial charge on any atom is 0.305 e. The van der Waals surface area contributed by atoms with Crippen LogP contribution in [0.5, 0.6) is 0 Å². The van der Waals surface area contributed by atoms with Crippen LogP contribution in [0.3, 0.4) is 0 Å². The monoisotopic (exact) mass is 266 g/mol. The van der Waals surface area contributed by atoms with Crippen LogP contribution in [0.1, 0.15) is 24.5 Å². The van der Waals surface area contributed by atoms with Crippen molar-refractivity contribution in [3.8, 4) is 0 Å². The number of hydrogen-bond donors (Lipinski definition) is 1. The summed E-state index contributed by atoms with van der Waals surface area (Å²) in [6.45, 7) is -0.643. The van der Waals surface area contributed by atoms with Crippen LogP contribution in [-0.2, 0) is 22.7 Å². The first kappa shape index (κ1) is 14.4. The number of aliphatic hydroxyl groups excluding tert-OH is 1. The van der Waals surface area contributed by atoms with Crippen LogP contribution in [-0.4, -0.2) is 11.1 Å². The zero-order chi connectivity index (χ0) is 13.9. The van der Waals surface area contributed by atoms with Crippen molar-refractivity contribution in [3.63, 3.8) is 0 Å². The lowest BCUT2D eigenvalue weighted by atomic mass is 10.1. The largest absolute Gasteiger partial charge is 0.461 e. The maximum absolute atomic E-state index is 13.4. The van der Waals surface area contributed by atoms with Crippen molar-refractivity contribution in [3.05, 3.63) is 34.4 Å². The number of ether oxygens (including phenoxy) is 1. The van der Waals surface area contributed by atoms with Crippen molar-refractivity contribution < 1.29 is 32.2 Å². The minimum atomic E-state index is -1.70. The van der Waals surface area contributed by atoms with E-state index in [4.69, 9.17) is 5.11 Å². The van der Waals surface area contributed by atoms with Gasteiger partial charge in [0.1, 0.15) is 6.61 Å². The smallest absolute Gasteiger partial charge is 0.305 e. The zero-order valence-electron chi connectivity index (χ0n) is 9.40. The summed E-state index contributed by atoms with van der Waals surface area (Å²) in [7, 11) is 0. The molecule has 0 unspecified atom stereocenters. The SMILES string of the molecule is CCC(=O)OCc1c(F)c(F)c(CO)c(F)c1F. The molecule has 100 valence electrons. The van der Waals surface area contributed by atoms with Gasteiger partial charge in [0.05, 0.1) is 17.7 Å². The number of rotatable bonds is 4. The fraction of sp³-hybridized carbons (Fsp3) is 0.364. The van der Waals surface area contributed by atoms with E-state index in [1.54, 1.807) is 0 Å². The second kappa shape index (κ2) is 5.81. The van der Waals surface area contributed by atoms with Crippen LogP contribution < -0.4 is 0 Å². The molecule has 0 fully saturated rings. The van der Waals surface area contributed by atoms with Crippen LogP contribution in [0, 0.1) is 23.3 Å². The third-order valence-electron chi connectivity index (χ3n) is 2.27. The fourth-order valence-electron chi connectivity index (χ4n) is 1.24. The molecule has 0 atom stereocenters. The van der Waals surface area contributed by atoms with Crippen LogP contribution in [0.15, 0.2) is 0 Å². The van der Waals surface area contributed by atoms with Gasteiger partial charge in [-0.15, -0.1) is 0 Å². The summed E-state index contributed by atoms with van der Waals surface area (Å²) in [6.07, 6.45) is -0.0388. The summed E-state index contributed by atoms with van der Waals surface area (Å²) < 4.78 is 57.6. The van der Waals surface area contributed by atoms with Gasteiger partial charge in [0, 0.05) is 6.42 Å². The standard InChI is InChI=1S/C11H10F4O3/c1-2-7(17)18-4-6-10(14)8(12)5(3-16)9(13)11(6)15/h16H,2-4H2,1H3. The minimum Gasteiger partial charge on any atom is -0.461 e. The predicted molar refractivity (Wildman–Crippen MR) is 52.3 cm³/mol. The first-order valence-corrected chi connectivity index (χ1v) is 5.04. The highest BCUT2D eigenvalue weighted by Gasteiger charge is 2.25. The van der Waals surface area contributed by atoms with Crippen molar-refractivity contribution in [1.82, 2.24) is 0 Å². The fourth-order valence-corrected chi connectivity index (χ4v) is 1.24. The van der Waals surface area contributed by atoms with Gasteiger partial charge in [-0.2, -0.15) is 0 Å². The Balaban J connectivity index is 3.17. The van der Waals surface area contributed by atoms with Crippen LogP contribution in [0.4, 0.5) is 17.6 Å². The number of hydrogen-bond acceptors (Lipinski definition) is 3. The van der Waals surface area contributed by atoms with Crippen molar-refractivity contribution in [1.29, 1.82) is 0 Å². The van der Waals surface area contributed by atoms with Gasteiger partial charge < -0.3 is 9.84 Å². The summed E-state index contributed by atoms with van der Waals surface area (Å²) in [5, 5.41) is 8.60. The molecule has 1 aromatic carbocycles. The first-order chi connectivity index (χ1) is 8.43. The molecule has 18 heavy (non-hydrogen) atoms. The molecule has 1 aromatic rings. The summed E-state index contributed by atoms with van der Waals surface area (Å²) in [5.74, 6) is -7.51. The molecule has 0 aliphatic heterocycles. The number of carbonyl (C=O) groups is 1. The van der Waals surface area contributed by atoms with E-state index in [9.17, 15) is 22.4 Å². The Labute approximate surface area is 100.0 Å². The molecule has 0 heterocycles. The zero-order valence-corrected chi connectivity index (χ0v) is 9.40. The molecule has 3 nitrogen and oxygen atoms in total. The number of halogens is 4. The van der Waals surface area contributed by atoms with Gasteiger partial charge >= 0.3 is 5.97 Å². The third-order valence-corrected chi connectivity index (χ3v) is 2.27. The van der Waals surface area contributed by atoms with E-state index >= 15 is 0 Å². The second-order valence-electron chi connectivity index (χ2n) is 3.39. The molecular formula is C11H10F4O3. The van der Waals surface area contributed by atoms with Gasteiger partial charge in [-0.05, 0) is 0 Å². The molecule has 0 aromatic heterocycles. The molecule has 0 spiro atoms. The van der Waals surface area contributed by atoms with Gasteiger partial charge in [0.15, 0.2) is 23.3 Å². The molecule has 0 aliphatic carbocycles. The van der Waals surface area contributed by atoms with Gasteiger partial charge in [-0.25, -0.2) is 17.6 Å². The lowest BCUT2D eigenvalue weighted by Gasteiger charge is -2.10. The lowest BCUT2D eigenvalue weighted by Crippen LogP contribution is -2.12. The summed E-state index contributed by atoms with van der Waals surface area (Å²) in [6, 6.07) is 0. The van der Waals surface area contributed by atoms with Crippen LogP contribution in [0.2, 0.25) is 0 Å².